The molecule has 0 unspecified atom stereocenters. The Morgan fingerprint density at radius 3 is 2.53 bits per heavy atom. The quantitative estimate of drug-likeness (QED) is 0.587. The van der Waals surface area contributed by atoms with Crippen molar-refractivity contribution in [3.63, 3.8) is 0 Å². The monoisotopic (exact) mass is 457 g/mol. The van der Waals surface area contributed by atoms with Crippen LogP contribution in [0.5, 0.6) is 5.75 Å². The van der Waals surface area contributed by atoms with Crippen LogP contribution in [0.15, 0.2) is 53.7 Å². The third kappa shape index (κ3) is 4.56. The zero-order valence-corrected chi connectivity index (χ0v) is 19.0. The van der Waals surface area contributed by atoms with Crippen LogP contribution in [0.4, 0.5) is 0 Å². The van der Waals surface area contributed by atoms with Gasteiger partial charge in [-0.3, -0.25) is 4.79 Å². The maximum absolute atomic E-state index is 12.9. The van der Waals surface area contributed by atoms with Crippen LogP contribution in [0, 0.1) is 0 Å². The number of carbonyl (C=O) groups excluding carboxylic acids is 1. The number of aryl methyl sites for hydroxylation is 1. The van der Waals surface area contributed by atoms with Crippen LogP contribution in [0.3, 0.4) is 0 Å². The van der Waals surface area contributed by atoms with Crippen LogP contribution in [0.25, 0.3) is 5.69 Å². The molecule has 170 valence electrons. The van der Waals surface area contributed by atoms with Gasteiger partial charge in [0.25, 0.3) is 5.91 Å². The molecular formula is C22H27N5O4S. The molecule has 1 aliphatic heterocycles. The molecule has 1 saturated heterocycles. The molecule has 1 N–H and O–H groups in total. The normalized spacial score (nSPS) is 14.9. The molecule has 0 atom stereocenters. The standard InChI is InChI=1S/C22H27N5O4S/c1-25-16-20(32(29,30)26-11-4-3-5-12-26)14-21(25)22(28)23-15-17-10-13-27(24-17)18-6-8-19(31-2)9-7-18/h6-10,13-14,16H,3-5,11-12,15H2,1-2H3,(H,23,28). The van der Waals surface area contributed by atoms with E-state index in [1.807, 2.05) is 36.5 Å². The fraction of sp³-hybridized carbons (Fsp3) is 0.364. The van der Waals surface area contributed by atoms with Crippen LogP contribution in [0.2, 0.25) is 0 Å². The summed E-state index contributed by atoms with van der Waals surface area (Å²) in [7, 11) is -0.306. The van der Waals surface area contributed by atoms with Crippen molar-refractivity contribution in [2.24, 2.45) is 7.05 Å². The van der Waals surface area contributed by atoms with Crippen molar-refractivity contribution >= 4 is 15.9 Å². The number of piperidine rings is 1. The number of hydrogen-bond donors (Lipinski definition) is 1. The molecule has 2 aromatic heterocycles. The first-order valence-electron chi connectivity index (χ1n) is 10.5. The van der Waals surface area contributed by atoms with Gasteiger partial charge in [-0.1, -0.05) is 6.42 Å². The Morgan fingerprint density at radius 1 is 1.12 bits per heavy atom. The summed E-state index contributed by atoms with van der Waals surface area (Å²) in [4.78, 5) is 12.9. The second kappa shape index (κ2) is 9.17. The maximum Gasteiger partial charge on any atom is 0.268 e. The Kier molecular flexibility index (Phi) is 6.33. The molecule has 0 radical (unpaired) electrons. The summed E-state index contributed by atoms with van der Waals surface area (Å²) in [6.07, 6.45) is 6.08. The summed E-state index contributed by atoms with van der Waals surface area (Å²) in [6.45, 7) is 1.27. The van der Waals surface area contributed by atoms with E-state index in [1.165, 1.54) is 16.6 Å². The average molecular weight is 458 g/mol. The molecule has 1 aromatic carbocycles. The topological polar surface area (TPSA) is 98.5 Å². The van der Waals surface area contributed by atoms with Crippen molar-refractivity contribution in [2.45, 2.75) is 30.7 Å². The van der Waals surface area contributed by atoms with Crippen LogP contribution >= 0.6 is 0 Å². The van der Waals surface area contributed by atoms with Gasteiger partial charge < -0.3 is 14.6 Å². The number of ether oxygens (including phenoxy) is 1. The molecule has 1 amide bonds. The lowest BCUT2D eigenvalue weighted by Gasteiger charge is -2.25. The van der Waals surface area contributed by atoms with E-state index < -0.39 is 10.0 Å². The van der Waals surface area contributed by atoms with Crippen LogP contribution in [-0.2, 0) is 23.6 Å². The summed E-state index contributed by atoms with van der Waals surface area (Å²) in [5, 5.41) is 7.30. The lowest BCUT2D eigenvalue weighted by Crippen LogP contribution is -2.35. The number of benzene rings is 1. The smallest absolute Gasteiger partial charge is 0.268 e. The first kappa shape index (κ1) is 22.1. The predicted molar refractivity (Wildman–Crippen MR) is 119 cm³/mol. The fourth-order valence-electron chi connectivity index (χ4n) is 3.75. The molecule has 4 rings (SSSR count). The van der Waals surface area contributed by atoms with E-state index in [2.05, 4.69) is 10.4 Å². The second-order valence-corrected chi connectivity index (χ2v) is 9.71. The van der Waals surface area contributed by atoms with Crippen molar-refractivity contribution in [3.05, 3.63) is 60.2 Å². The van der Waals surface area contributed by atoms with Crippen LogP contribution < -0.4 is 10.1 Å². The fourth-order valence-corrected chi connectivity index (χ4v) is 5.34. The SMILES string of the molecule is COc1ccc(-n2ccc(CNC(=O)c3cc(S(=O)(=O)N4CCCCC4)cn3C)n2)cc1. The van der Waals surface area contributed by atoms with Gasteiger partial charge in [-0.25, -0.2) is 13.1 Å². The van der Waals surface area contributed by atoms with Gasteiger partial charge in [0, 0.05) is 32.5 Å². The highest BCUT2D eigenvalue weighted by molar-refractivity contribution is 7.89. The summed E-state index contributed by atoms with van der Waals surface area (Å²) >= 11 is 0. The molecule has 1 fully saturated rings. The van der Waals surface area contributed by atoms with Gasteiger partial charge in [-0.05, 0) is 49.2 Å². The molecule has 9 nitrogen and oxygen atoms in total. The van der Waals surface area contributed by atoms with Gasteiger partial charge in [-0.15, -0.1) is 0 Å². The lowest BCUT2D eigenvalue weighted by atomic mass is 10.2. The number of carbonyl (C=O) groups is 1. The molecule has 3 aromatic rings. The molecule has 3 heterocycles. The summed E-state index contributed by atoms with van der Waals surface area (Å²) < 4.78 is 35.7. The highest BCUT2D eigenvalue weighted by Gasteiger charge is 2.28. The number of sulfonamides is 1. The maximum atomic E-state index is 12.9. The molecule has 0 aliphatic carbocycles. The van der Waals surface area contributed by atoms with Crippen molar-refractivity contribution in [1.82, 2.24) is 24.0 Å². The first-order valence-corrected chi connectivity index (χ1v) is 12.0. The average Bonchev–Trinajstić information content (AvgIpc) is 3.45. The summed E-state index contributed by atoms with van der Waals surface area (Å²) in [6, 6.07) is 10.7. The van der Waals surface area contributed by atoms with Gasteiger partial charge in [0.05, 0.1) is 25.0 Å². The van der Waals surface area contributed by atoms with Crippen molar-refractivity contribution in [3.8, 4) is 11.4 Å². The van der Waals surface area contributed by atoms with Crippen molar-refractivity contribution in [1.29, 1.82) is 0 Å². The van der Waals surface area contributed by atoms with Crippen molar-refractivity contribution in [2.75, 3.05) is 20.2 Å². The van der Waals surface area contributed by atoms with E-state index in [-0.39, 0.29) is 23.0 Å². The lowest BCUT2D eigenvalue weighted by molar-refractivity contribution is 0.0942. The minimum atomic E-state index is -3.59. The Hall–Kier alpha value is -3.11. The summed E-state index contributed by atoms with van der Waals surface area (Å²) in [5.74, 6) is 0.407. The highest BCUT2D eigenvalue weighted by Crippen LogP contribution is 2.22. The molecule has 0 spiro atoms. The van der Waals surface area contributed by atoms with E-state index in [0.29, 0.717) is 18.8 Å². The third-order valence-electron chi connectivity index (χ3n) is 5.58. The molecule has 0 saturated carbocycles. The Labute approximate surface area is 187 Å². The van der Waals surface area contributed by atoms with E-state index in [1.54, 1.807) is 23.4 Å². The zero-order valence-electron chi connectivity index (χ0n) is 18.2. The molecule has 0 bridgehead atoms. The largest absolute Gasteiger partial charge is 0.497 e. The van der Waals surface area contributed by atoms with Crippen LogP contribution in [-0.4, -0.2) is 53.2 Å². The first-order chi connectivity index (χ1) is 15.4. The number of hydrogen-bond acceptors (Lipinski definition) is 5. The minimum Gasteiger partial charge on any atom is -0.497 e. The number of nitrogens with one attached hydrogen (secondary N) is 1. The van der Waals surface area contributed by atoms with E-state index in [4.69, 9.17) is 4.74 Å². The van der Waals surface area contributed by atoms with E-state index in [9.17, 15) is 13.2 Å². The Morgan fingerprint density at radius 2 is 1.84 bits per heavy atom. The van der Waals surface area contributed by atoms with Gasteiger partial charge in [0.15, 0.2) is 0 Å². The number of aromatic nitrogens is 3. The Balaban J connectivity index is 1.42. The zero-order chi connectivity index (χ0) is 22.7. The molecule has 10 heteroatoms. The predicted octanol–water partition coefficient (Wildman–Crippen LogP) is 2.32. The van der Waals surface area contributed by atoms with E-state index >= 15 is 0 Å². The number of methoxy groups -OCH3 is 1. The summed E-state index contributed by atoms with van der Waals surface area (Å²) in [5.41, 5.74) is 1.85. The van der Waals surface area contributed by atoms with Gasteiger partial charge in [-0.2, -0.15) is 9.40 Å². The number of nitrogens with zero attached hydrogens (tertiary/aromatic N) is 4. The van der Waals surface area contributed by atoms with Crippen LogP contribution in [0.1, 0.15) is 35.4 Å². The highest BCUT2D eigenvalue weighted by atomic mass is 32.2. The number of rotatable bonds is 7. The van der Waals surface area contributed by atoms with Crippen molar-refractivity contribution < 1.29 is 17.9 Å². The van der Waals surface area contributed by atoms with Gasteiger partial charge >= 0.3 is 0 Å². The van der Waals surface area contributed by atoms with Gasteiger partial charge in [0.1, 0.15) is 16.3 Å². The molecular weight excluding hydrogens is 430 g/mol. The van der Waals surface area contributed by atoms with E-state index in [0.717, 1.165) is 30.7 Å². The second-order valence-electron chi connectivity index (χ2n) is 7.77. The van der Waals surface area contributed by atoms with Gasteiger partial charge in [0.2, 0.25) is 10.0 Å². The number of amides is 1. The molecule has 1 aliphatic rings. The third-order valence-corrected chi connectivity index (χ3v) is 7.44. The minimum absolute atomic E-state index is 0.149. The molecule has 32 heavy (non-hydrogen) atoms. The Bertz CT molecular complexity index is 1190.